The van der Waals surface area contributed by atoms with Crippen molar-refractivity contribution in [2.24, 2.45) is 0 Å². The molecule has 0 bridgehead atoms. The summed E-state index contributed by atoms with van der Waals surface area (Å²) in [4.78, 5) is 34.9. The van der Waals surface area contributed by atoms with Crippen LogP contribution < -0.4 is 10.1 Å². The molecule has 1 amide bonds. The zero-order chi connectivity index (χ0) is 17.8. The van der Waals surface area contributed by atoms with Gasteiger partial charge in [-0.1, -0.05) is 0 Å². The largest absolute Gasteiger partial charge is 0.494 e. The Morgan fingerprint density at radius 3 is 2.88 bits per heavy atom. The molecule has 1 aromatic carbocycles. The first kappa shape index (κ1) is 16.5. The van der Waals surface area contributed by atoms with E-state index in [4.69, 9.17) is 4.74 Å². The number of nitro benzene ring substituents is 1. The number of rotatable bonds is 5. The zero-order valence-corrected chi connectivity index (χ0v) is 13.7. The third kappa shape index (κ3) is 3.58. The van der Waals surface area contributed by atoms with Crippen molar-refractivity contribution in [1.82, 2.24) is 15.0 Å². The van der Waals surface area contributed by atoms with Gasteiger partial charge in [-0.05, 0) is 6.07 Å². The molecule has 126 valence electrons. The summed E-state index contributed by atoms with van der Waals surface area (Å²) in [7, 11) is 1.36. The minimum Gasteiger partial charge on any atom is -0.494 e. The Bertz CT molecular complexity index is 929. The lowest BCUT2D eigenvalue weighted by atomic mass is 10.2. The number of amides is 1. The first-order chi connectivity index (χ1) is 12.1. The summed E-state index contributed by atoms with van der Waals surface area (Å²) in [5.74, 6) is -0.273. The number of nitro groups is 1. The van der Waals surface area contributed by atoms with Crippen LogP contribution in [0.3, 0.4) is 0 Å². The highest BCUT2D eigenvalue weighted by Gasteiger charge is 2.17. The highest BCUT2D eigenvalue weighted by Crippen LogP contribution is 2.29. The van der Waals surface area contributed by atoms with Gasteiger partial charge in [-0.25, -0.2) is 4.98 Å². The Morgan fingerprint density at radius 2 is 2.20 bits per heavy atom. The van der Waals surface area contributed by atoms with Gasteiger partial charge < -0.3 is 10.1 Å². The van der Waals surface area contributed by atoms with Crippen LogP contribution in [0, 0.1) is 10.1 Å². The van der Waals surface area contributed by atoms with E-state index in [1.807, 2.05) is 0 Å². The minimum atomic E-state index is -0.540. The normalized spacial score (nSPS) is 10.3. The number of carbonyl (C=O) groups excluding carboxylic acids is 1. The van der Waals surface area contributed by atoms with Crippen LogP contribution in [-0.4, -0.2) is 32.9 Å². The average molecular weight is 357 g/mol. The van der Waals surface area contributed by atoms with E-state index in [-0.39, 0.29) is 17.1 Å². The number of non-ortho nitro benzene ring substituents is 1. The predicted molar refractivity (Wildman–Crippen MR) is 90.7 cm³/mol. The molecule has 0 saturated heterocycles. The third-order valence-corrected chi connectivity index (χ3v) is 4.03. The maximum atomic E-state index is 12.4. The molecule has 10 heteroatoms. The van der Waals surface area contributed by atoms with E-state index in [1.54, 1.807) is 17.8 Å². The number of hydrogen-bond acceptors (Lipinski definition) is 8. The third-order valence-electron chi connectivity index (χ3n) is 3.16. The number of nitrogens with one attached hydrogen (secondary N) is 1. The molecule has 0 radical (unpaired) electrons. The van der Waals surface area contributed by atoms with E-state index < -0.39 is 10.8 Å². The van der Waals surface area contributed by atoms with Crippen LogP contribution in [0.1, 0.15) is 10.5 Å². The molecule has 0 spiro atoms. The molecule has 1 N–H and O–H groups in total. The molecule has 0 fully saturated rings. The topological polar surface area (TPSA) is 120 Å². The molecule has 25 heavy (non-hydrogen) atoms. The molecule has 0 unspecified atom stereocenters. The van der Waals surface area contributed by atoms with Crippen molar-refractivity contribution >= 4 is 28.6 Å². The van der Waals surface area contributed by atoms with Gasteiger partial charge in [0.15, 0.2) is 0 Å². The molecule has 0 aliphatic rings. The molecule has 0 saturated carbocycles. The average Bonchev–Trinajstić information content (AvgIpc) is 3.13. The number of ether oxygens (including phenoxy) is 1. The number of benzene rings is 1. The van der Waals surface area contributed by atoms with E-state index in [0.29, 0.717) is 16.4 Å². The maximum absolute atomic E-state index is 12.4. The molecule has 0 aliphatic carbocycles. The van der Waals surface area contributed by atoms with E-state index in [2.05, 4.69) is 20.3 Å². The number of nitrogens with zero attached hydrogens (tertiary/aromatic N) is 4. The fraction of sp³-hybridized carbons (Fsp3) is 0.0667. The summed E-state index contributed by atoms with van der Waals surface area (Å²) in [6.07, 6.45) is 4.64. The summed E-state index contributed by atoms with van der Waals surface area (Å²) in [5.41, 5.74) is 0.950. The van der Waals surface area contributed by atoms with Crippen molar-refractivity contribution in [3.8, 4) is 16.5 Å². The van der Waals surface area contributed by atoms with Gasteiger partial charge >= 0.3 is 0 Å². The lowest BCUT2D eigenvalue weighted by Crippen LogP contribution is -2.13. The van der Waals surface area contributed by atoms with Gasteiger partial charge in [-0.15, -0.1) is 11.3 Å². The molecule has 3 aromatic rings. The molecule has 2 heterocycles. The van der Waals surface area contributed by atoms with Crippen molar-refractivity contribution in [1.29, 1.82) is 0 Å². The van der Waals surface area contributed by atoms with Crippen molar-refractivity contribution in [2.75, 3.05) is 12.4 Å². The maximum Gasteiger partial charge on any atom is 0.275 e. The number of hydrogen-bond donors (Lipinski definition) is 1. The molecule has 0 atom stereocenters. The Labute approximate surface area is 145 Å². The quantitative estimate of drug-likeness (QED) is 0.550. The smallest absolute Gasteiger partial charge is 0.275 e. The number of anilines is 1. The van der Waals surface area contributed by atoms with Gasteiger partial charge in [0.05, 0.1) is 30.0 Å². The van der Waals surface area contributed by atoms with Crippen LogP contribution in [0.15, 0.2) is 42.2 Å². The Kier molecular flexibility index (Phi) is 4.61. The summed E-state index contributed by atoms with van der Waals surface area (Å²) in [6, 6.07) is 3.93. The number of thiazole rings is 1. The van der Waals surface area contributed by atoms with Gasteiger partial charge in [-0.3, -0.25) is 24.9 Å². The Morgan fingerprint density at radius 1 is 1.36 bits per heavy atom. The summed E-state index contributed by atoms with van der Waals surface area (Å²) < 4.78 is 5.09. The fourth-order valence-electron chi connectivity index (χ4n) is 1.99. The van der Waals surface area contributed by atoms with Gasteiger partial charge in [0.2, 0.25) is 0 Å². The molecule has 9 nitrogen and oxygen atoms in total. The highest BCUT2D eigenvalue weighted by atomic mass is 32.1. The molecule has 0 aliphatic heterocycles. The zero-order valence-electron chi connectivity index (χ0n) is 12.9. The van der Waals surface area contributed by atoms with Gasteiger partial charge in [0.25, 0.3) is 11.6 Å². The van der Waals surface area contributed by atoms with Crippen LogP contribution >= 0.6 is 11.3 Å². The first-order valence-corrected chi connectivity index (χ1v) is 7.82. The summed E-state index contributed by atoms with van der Waals surface area (Å²) in [5, 5.41) is 15.6. The minimum absolute atomic E-state index is 0.131. The monoisotopic (exact) mass is 357 g/mol. The second-order valence-electron chi connectivity index (χ2n) is 4.72. The van der Waals surface area contributed by atoms with Crippen LogP contribution in [0.2, 0.25) is 0 Å². The first-order valence-electron chi connectivity index (χ1n) is 6.94. The molecule has 3 rings (SSSR count). The van der Waals surface area contributed by atoms with Crippen LogP contribution in [-0.2, 0) is 0 Å². The van der Waals surface area contributed by atoms with E-state index >= 15 is 0 Å². The standard InChI is InChI=1S/C15H11N5O4S/c1-24-13-6-9(20(22)23)2-3-10(13)18-14(21)12-8-25-15(19-12)11-7-16-4-5-17-11/h2-8H,1H3,(H,18,21). The second kappa shape index (κ2) is 7.01. The highest BCUT2D eigenvalue weighted by molar-refractivity contribution is 7.13. The van der Waals surface area contributed by atoms with E-state index in [1.165, 1.54) is 42.8 Å². The van der Waals surface area contributed by atoms with Crippen molar-refractivity contribution in [3.63, 3.8) is 0 Å². The number of aromatic nitrogens is 3. The van der Waals surface area contributed by atoms with Crippen LogP contribution in [0.25, 0.3) is 10.7 Å². The predicted octanol–water partition coefficient (Wildman–Crippen LogP) is 2.77. The molecular formula is C15H11N5O4S. The van der Waals surface area contributed by atoms with Crippen molar-refractivity contribution in [3.05, 3.63) is 58.0 Å². The second-order valence-corrected chi connectivity index (χ2v) is 5.58. The molecule has 2 aromatic heterocycles. The van der Waals surface area contributed by atoms with Gasteiger partial charge in [-0.2, -0.15) is 0 Å². The lowest BCUT2D eigenvalue weighted by Gasteiger charge is -2.08. The van der Waals surface area contributed by atoms with Crippen LogP contribution in [0.5, 0.6) is 5.75 Å². The van der Waals surface area contributed by atoms with Crippen molar-refractivity contribution in [2.45, 2.75) is 0 Å². The van der Waals surface area contributed by atoms with E-state index in [9.17, 15) is 14.9 Å². The lowest BCUT2D eigenvalue weighted by molar-refractivity contribution is -0.384. The van der Waals surface area contributed by atoms with Crippen LogP contribution in [0.4, 0.5) is 11.4 Å². The number of methoxy groups -OCH3 is 1. The summed E-state index contributed by atoms with van der Waals surface area (Å²) in [6.45, 7) is 0. The SMILES string of the molecule is COc1cc([N+](=O)[O-])ccc1NC(=O)c1csc(-c2cnccn2)n1. The van der Waals surface area contributed by atoms with Gasteiger partial charge in [0, 0.05) is 23.8 Å². The summed E-state index contributed by atoms with van der Waals surface area (Å²) >= 11 is 1.26. The Hall–Kier alpha value is -3.40. The van der Waals surface area contributed by atoms with E-state index in [0.717, 1.165) is 0 Å². The van der Waals surface area contributed by atoms with Crippen molar-refractivity contribution < 1.29 is 14.5 Å². The Balaban J connectivity index is 1.81. The van der Waals surface area contributed by atoms with Gasteiger partial charge in [0.1, 0.15) is 22.1 Å². The fourth-order valence-corrected chi connectivity index (χ4v) is 2.75. The number of carbonyl (C=O) groups is 1. The molecular weight excluding hydrogens is 346 g/mol.